The maximum absolute atomic E-state index is 8.79. The molecule has 0 aliphatic carbocycles. The lowest BCUT2D eigenvalue weighted by Crippen LogP contribution is -2.15. The molecule has 3 heteroatoms. The lowest BCUT2D eigenvalue weighted by Gasteiger charge is -2.16. The summed E-state index contributed by atoms with van der Waals surface area (Å²) in [6.45, 7) is 1.67. The number of aliphatic hydroxyl groups is 1. The normalized spacial score (nSPS) is 11.5. The quantitative estimate of drug-likeness (QED) is 0.566. The van der Waals surface area contributed by atoms with Gasteiger partial charge in [0.1, 0.15) is 6.61 Å². The standard InChI is InChI=1S/C21H24O3/c22-15-8-7-13-21(24-18-20-11-5-2-6-12-20)14-16-23-17-19-9-3-1-4-10-19/h1-6,9-12,21-22H,13-18H2/t21-/m1/s1. The minimum atomic E-state index is -0.115. The van der Waals surface area contributed by atoms with Crippen LogP contribution in [0.4, 0.5) is 0 Å². The Hall–Kier alpha value is -2.12. The minimum absolute atomic E-state index is 0.0000273. The predicted octanol–water partition coefficient (Wildman–Crippen LogP) is 3.56. The van der Waals surface area contributed by atoms with Gasteiger partial charge in [-0.1, -0.05) is 72.5 Å². The summed E-state index contributed by atoms with van der Waals surface area (Å²) in [6.07, 6.45) is 1.38. The van der Waals surface area contributed by atoms with E-state index in [2.05, 4.69) is 24.0 Å². The summed E-state index contributed by atoms with van der Waals surface area (Å²) < 4.78 is 11.7. The van der Waals surface area contributed by atoms with E-state index in [0.29, 0.717) is 26.2 Å². The van der Waals surface area contributed by atoms with Crippen molar-refractivity contribution in [2.24, 2.45) is 0 Å². The number of hydrogen-bond donors (Lipinski definition) is 1. The lowest BCUT2D eigenvalue weighted by molar-refractivity contribution is 0.0116. The molecule has 0 bridgehead atoms. The first-order chi connectivity index (χ1) is 11.9. The van der Waals surface area contributed by atoms with Gasteiger partial charge in [-0.05, 0) is 17.5 Å². The molecular weight excluding hydrogens is 300 g/mol. The molecule has 3 nitrogen and oxygen atoms in total. The molecule has 2 rings (SSSR count). The average molecular weight is 324 g/mol. The van der Waals surface area contributed by atoms with Crippen LogP contribution in [0.2, 0.25) is 0 Å². The molecule has 24 heavy (non-hydrogen) atoms. The zero-order valence-corrected chi connectivity index (χ0v) is 13.9. The number of ether oxygens (including phenoxy) is 2. The smallest absolute Gasteiger partial charge is 0.104 e. The maximum atomic E-state index is 8.79. The van der Waals surface area contributed by atoms with Crippen molar-refractivity contribution < 1.29 is 14.6 Å². The second kappa shape index (κ2) is 11.4. The van der Waals surface area contributed by atoms with Gasteiger partial charge in [-0.2, -0.15) is 0 Å². The molecule has 0 amide bonds. The summed E-state index contributed by atoms with van der Waals surface area (Å²) >= 11 is 0. The molecule has 0 fully saturated rings. The molecule has 0 saturated heterocycles. The van der Waals surface area contributed by atoms with E-state index in [4.69, 9.17) is 14.6 Å². The number of aliphatic hydroxyl groups excluding tert-OH is 1. The van der Waals surface area contributed by atoms with Crippen molar-refractivity contribution >= 4 is 0 Å². The first-order valence-corrected chi connectivity index (χ1v) is 8.22. The summed E-state index contributed by atoms with van der Waals surface area (Å²) in [5, 5.41) is 8.79. The minimum Gasteiger partial charge on any atom is -0.384 e. The van der Waals surface area contributed by atoms with Crippen molar-refractivity contribution in [2.75, 3.05) is 13.2 Å². The highest BCUT2D eigenvalue weighted by molar-refractivity contribution is 5.14. The highest BCUT2D eigenvalue weighted by atomic mass is 16.5. The Morgan fingerprint density at radius 3 is 2.08 bits per heavy atom. The van der Waals surface area contributed by atoms with Crippen LogP contribution in [-0.4, -0.2) is 24.4 Å². The van der Waals surface area contributed by atoms with Crippen LogP contribution in [-0.2, 0) is 22.7 Å². The Morgan fingerprint density at radius 1 is 0.833 bits per heavy atom. The van der Waals surface area contributed by atoms with Crippen molar-refractivity contribution in [3.05, 3.63) is 71.8 Å². The molecule has 0 aliphatic heterocycles. The summed E-state index contributed by atoms with van der Waals surface area (Å²) in [7, 11) is 0. The second-order valence-electron chi connectivity index (χ2n) is 5.46. The topological polar surface area (TPSA) is 38.7 Å². The molecule has 1 N–H and O–H groups in total. The Labute approximate surface area is 144 Å². The van der Waals surface area contributed by atoms with Crippen molar-refractivity contribution in [2.45, 2.75) is 32.2 Å². The third kappa shape index (κ3) is 7.43. The van der Waals surface area contributed by atoms with Crippen molar-refractivity contribution in [1.29, 1.82) is 0 Å². The fourth-order valence-corrected chi connectivity index (χ4v) is 2.25. The van der Waals surface area contributed by atoms with E-state index >= 15 is 0 Å². The summed E-state index contributed by atoms with van der Waals surface area (Å²) in [5.41, 5.74) is 2.31. The number of hydrogen-bond acceptors (Lipinski definition) is 3. The van der Waals surface area contributed by atoms with Gasteiger partial charge in [-0.25, -0.2) is 0 Å². The molecule has 0 saturated carbocycles. The number of rotatable bonds is 9. The molecule has 2 aromatic carbocycles. The van der Waals surface area contributed by atoms with E-state index in [1.165, 1.54) is 5.56 Å². The lowest BCUT2D eigenvalue weighted by atomic mass is 10.2. The Morgan fingerprint density at radius 2 is 1.46 bits per heavy atom. The first kappa shape index (κ1) is 18.2. The first-order valence-electron chi connectivity index (χ1n) is 8.22. The average Bonchev–Trinajstić information content (AvgIpc) is 2.64. The summed E-state index contributed by atoms with van der Waals surface area (Å²) in [4.78, 5) is 0. The molecule has 0 unspecified atom stereocenters. The number of benzene rings is 2. The molecule has 2 aromatic rings. The molecule has 126 valence electrons. The van der Waals surface area contributed by atoms with Gasteiger partial charge in [-0.3, -0.25) is 0 Å². The fourth-order valence-electron chi connectivity index (χ4n) is 2.25. The Kier molecular flexibility index (Phi) is 8.67. The zero-order valence-electron chi connectivity index (χ0n) is 13.9. The van der Waals surface area contributed by atoms with Crippen LogP contribution < -0.4 is 0 Å². The summed E-state index contributed by atoms with van der Waals surface area (Å²) in [5.74, 6) is 5.63. The van der Waals surface area contributed by atoms with E-state index in [9.17, 15) is 0 Å². The van der Waals surface area contributed by atoms with Gasteiger partial charge >= 0.3 is 0 Å². The van der Waals surface area contributed by atoms with Gasteiger partial charge < -0.3 is 14.6 Å². The second-order valence-corrected chi connectivity index (χ2v) is 5.46. The van der Waals surface area contributed by atoms with E-state index in [-0.39, 0.29) is 12.7 Å². The zero-order chi connectivity index (χ0) is 16.9. The van der Waals surface area contributed by atoms with E-state index < -0.39 is 0 Å². The molecule has 0 heterocycles. The van der Waals surface area contributed by atoms with Gasteiger partial charge in [-0.15, -0.1) is 0 Å². The monoisotopic (exact) mass is 324 g/mol. The highest BCUT2D eigenvalue weighted by Crippen LogP contribution is 2.10. The molecular formula is C21H24O3. The van der Waals surface area contributed by atoms with Gasteiger partial charge in [0.15, 0.2) is 0 Å². The van der Waals surface area contributed by atoms with Gasteiger partial charge in [0.25, 0.3) is 0 Å². The Bertz CT molecular complexity index is 614. The predicted molar refractivity (Wildman–Crippen MR) is 95.2 cm³/mol. The van der Waals surface area contributed by atoms with Crippen LogP contribution in [0.5, 0.6) is 0 Å². The highest BCUT2D eigenvalue weighted by Gasteiger charge is 2.08. The van der Waals surface area contributed by atoms with E-state index in [1.54, 1.807) is 0 Å². The van der Waals surface area contributed by atoms with E-state index in [0.717, 1.165) is 12.0 Å². The molecule has 0 radical (unpaired) electrons. The van der Waals surface area contributed by atoms with Crippen molar-refractivity contribution in [3.8, 4) is 11.8 Å². The van der Waals surface area contributed by atoms with Crippen molar-refractivity contribution in [1.82, 2.24) is 0 Å². The molecule has 0 spiro atoms. The molecule has 0 aromatic heterocycles. The van der Waals surface area contributed by atoms with Crippen LogP contribution in [0.3, 0.4) is 0 Å². The Balaban J connectivity index is 1.75. The molecule has 1 atom stereocenters. The third-order valence-electron chi connectivity index (χ3n) is 3.56. The maximum Gasteiger partial charge on any atom is 0.104 e. The van der Waals surface area contributed by atoms with Gasteiger partial charge in [0, 0.05) is 13.0 Å². The largest absolute Gasteiger partial charge is 0.384 e. The van der Waals surface area contributed by atoms with Gasteiger partial charge in [0.2, 0.25) is 0 Å². The summed E-state index contributed by atoms with van der Waals surface area (Å²) in [6, 6.07) is 20.2. The van der Waals surface area contributed by atoms with Crippen LogP contribution in [0.1, 0.15) is 24.0 Å². The van der Waals surface area contributed by atoms with Crippen LogP contribution >= 0.6 is 0 Å². The fraction of sp³-hybridized carbons (Fsp3) is 0.333. The molecule has 0 aliphatic rings. The van der Waals surface area contributed by atoms with Gasteiger partial charge in [0.05, 0.1) is 19.3 Å². The van der Waals surface area contributed by atoms with Crippen LogP contribution in [0.25, 0.3) is 0 Å². The third-order valence-corrected chi connectivity index (χ3v) is 3.56. The SMILES string of the molecule is OCC#CC[C@H](CCOCc1ccccc1)OCc1ccccc1. The van der Waals surface area contributed by atoms with Crippen molar-refractivity contribution in [3.63, 3.8) is 0 Å². The van der Waals surface area contributed by atoms with E-state index in [1.807, 2.05) is 48.5 Å². The van der Waals surface area contributed by atoms with Crippen LogP contribution in [0, 0.1) is 11.8 Å². The van der Waals surface area contributed by atoms with Crippen LogP contribution in [0.15, 0.2) is 60.7 Å².